The molecule has 0 N–H and O–H groups in total. The quantitative estimate of drug-likeness (QED) is 0.837. The van der Waals surface area contributed by atoms with Crippen LogP contribution in [0.3, 0.4) is 0 Å². The highest BCUT2D eigenvalue weighted by Gasteiger charge is 2.35. The van der Waals surface area contributed by atoms with Gasteiger partial charge in [0.2, 0.25) is 15.9 Å². The Kier molecular flexibility index (Phi) is 4.84. The number of hydrogen-bond donors (Lipinski definition) is 0. The summed E-state index contributed by atoms with van der Waals surface area (Å²) >= 11 is 0. The first-order valence-electron chi connectivity index (χ1n) is 8.93. The van der Waals surface area contributed by atoms with Crippen molar-refractivity contribution in [1.29, 1.82) is 0 Å². The number of sulfonamides is 1. The SMILES string of the molecule is Cc1nn(C(=O)C2CCCC2)c(C)c1S(=O)(=O)N1CCC(C)CC1. The van der Waals surface area contributed by atoms with Crippen LogP contribution in [0.4, 0.5) is 0 Å². The number of carbonyl (C=O) groups is 1. The maximum absolute atomic E-state index is 13.1. The Morgan fingerprint density at radius 2 is 1.67 bits per heavy atom. The third-order valence-corrected chi connectivity index (χ3v) is 7.63. The predicted molar refractivity (Wildman–Crippen MR) is 91.4 cm³/mol. The molecule has 7 heteroatoms. The summed E-state index contributed by atoms with van der Waals surface area (Å²) in [5.41, 5.74) is 0.889. The van der Waals surface area contributed by atoms with Crippen molar-refractivity contribution in [3.8, 4) is 0 Å². The molecule has 0 aromatic carbocycles. The van der Waals surface area contributed by atoms with Crippen LogP contribution in [0.5, 0.6) is 0 Å². The van der Waals surface area contributed by atoms with E-state index in [0.29, 0.717) is 30.4 Å². The van der Waals surface area contributed by atoms with Gasteiger partial charge in [0.15, 0.2) is 0 Å². The highest BCUT2D eigenvalue weighted by atomic mass is 32.2. The summed E-state index contributed by atoms with van der Waals surface area (Å²) in [4.78, 5) is 12.9. The summed E-state index contributed by atoms with van der Waals surface area (Å²) in [6.45, 7) is 6.63. The zero-order valence-corrected chi connectivity index (χ0v) is 15.6. The van der Waals surface area contributed by atoms with Gasteiger partial charge in [0.1, 0.15) is 4.90 Å². The van der Waals surface area contributed by atoms with Crippen molar-refractivity contribution in [3.63, 3.8) is 0 Å². The zero-order chi connectivity index (χ0) is 17.5. The molecule has 0 radical (unpaired) electrons. The Balaban J connectivity index is 1.92. The minimum atomic E-state index is -3.59. The monoisotopic (exact) mass is 353 g/mol. The van der Waals surface area contributed by atoms with Gasteiger partial charge in [-0.3, -0.25) is 4.79 Å². The molecule has 1 saturated heterocycles. The number of aromatic nitrogens is 2. The molecule has 1 aromatic heterocycles. The third kappa shape index (κ3) is 3.04. The molecule has 2 aliphatic rings. The van der Waals surface area contributed by atoms with Crippen LogP contribution in [0.2, 0.25) is 0 Å². The van der Waals surface area contributed by atoms with Crippen LogP contribution in [-0.2, 0) is 10.0 Å². The summed E-state index contributed by atoms with van der Waals surface area (Å²) in [6.07, 6.45) is 5.64. The van der Waals surface area contributed by atoms with Crippen molar-refractivity contribution in [2.75, 3.05) is 13.1 Å². The van der Waals surface area contributed by atoms with Crippen molar-refractivity contribution in [2.24, 2.45) is 11.8 Å². The number of hydrogen-bond acceptors (Lipinski definition) is 4. The van der Waals surface area contributed by atoms with E-state index in [0.717, 1.165) is 38.5 Å². The van der Waals surface area contributed by atoms with Gasteiger partial charge in [-0.25, -0.2) is 13.1 Å². The lowest BCUT2D eigenvalue weighted by molar-refractivity contribution is 0.0817. The number of carbonyl (C=O) groups excluding carboxylic acids is 1. The lowest BCUT2D eigenvalue weighted by Crippen LogP contribution is -2.38. The normalized spacial score (nSPS) is 21.5. The van der Waals surface area contributed by atoms with Crippen LogP contribution >= 0.6 is 0 Å². The van der Waals surface area contributed by atoms with Gasteiger partial charge in [-0.15, -0.1) is 0 Å². The van der Waals surface area contributed by atoms with Crippen molar-refractivity contribution in [3.05, 3.63) is 11.4 Å². The van der Waals surface area contributed by atoms with Gasteiger partial charge in [0.05, 0.1) is 11.4 Å². The number of piperidine rings is 1. The van der Waals surface area contributed by atoms with E-state index in [1.165, 1.54) is 4.68 Å². The molecule has 0 atom stereocenters. The second-order valence-corrected chi connectivity index (χ2v) is 9.19. The highest BCUT2D eigenvalue weighted by molar-refractivity contribution is 7.89. The Morgan fingerprint density at radius 1 is 1.08 bits per heavy atom. The largest absolute Gasteiger partial charge is 0.272 e. The second kappa shape index (κ2) is 6.59. The molecule has 0 bridgehead atoms. The summed E-state index contributed by atoms with van der Waals surface area (Å²) in [5, 5.41) is 4.29. The first-order valence-corrected chi connectivity index (χ1v) is 10.4. The van der Waals surface area contributed by atoms with E-state index in [9.17, 15) is 13.2 Å². The molecular formula is C17H27N3O3S. The number of nitrogens with zero attached hydrogens (tertiary/aromatic N) is 3. The van der Waals surface area contributed by atoms with Gasteiger partial charge in [0.25, 0.3) is 0 Å². The van der Waals surface area contributed by atoms with Crippen LogP contribution in [0.25, 0.3) is 0 Å². The molecule has 0 amide bonds. The molecule has 2 fully saturated rings. The van der Waals surface area contributed by atoms with E-state index in [1.54, 1.807) is 18.2 Å². The molecule has 24 heavy (non-hydrogen) atoms. The minimum Gasteiger partial charge on any atom is -0.272 e. The standard InChI is InChI=1S/C17H27N3O3S/c1-12-8-10-19(11-9-12)24(22,23)16-13(2)18-20(14(16)3)17(21)15-6-4-5-7-15/h12,15H,4-11H2,1-3H3. The first-order chi connectivity index (χ1) is 11.3. The van der Waals surface area contributed by atoms with Crippen molar-refractivity contribution in [1.82, 2.24) is 14.1 Å². The van der Waals surface area contributed by atoms with Gasteiger partial charge in [-0.05, 0) is 45.4 Å². The molecular weight excluding hydrogens is 326 g/mol. The first kappa shape index (κ1) is 17.6. The van der Waals surface area contributed by atoms with Gasteiger partial charge in [-0.1, -0.05) is 19.8 Å². The van der Waals surface area contributed by atoms with E-state index >= 15 is 0 Å². The van der Waals surface area contributed by atoms with Crippen LogP contribution in [-0.4, -0.2) is 41.5 Å². The summed E-state index contributed by atoms with van der Waals surface area (Å²) in [5.74, 6) is 0.488. The molecule has 134 valence electrons. The third-order valence-electron chi connectivity index (χ3n) is 5.48. The van der Waals surface area contributed by atoms with Gasteiger partial charge >= 0.3 is 0 Å². The van der Waals surface area contributed by atoms with Crippen molar-refractivity contribution >= 4 is 15.9 Å². The van der Waals surface area contributed by atoms with Gasteiger partial charge in [0, 0.05) is 19.0 Å². The summed E-state index contributed by atoms with van der Waals surface area (Å²) in [6, 6.07) is 0. The number of rotatable bonds is 3. The Morgan fingerprint density at radius 3 is 2.25 bits per heavy atom. The zero-order valence-electron chi connectivity index (χ0n) is 14.8. The average molecular weight is 353 g/mol. The predicted octanol–water partition coefficient (Wildman–Crippen LogP) is 2.75. The lowest BCUT2D eigenvalue weighted by Gasteiger charge is -2.29. The summed E-state index contributed by atoms with van der Waals surface area (Å²) < 4.78 is 29.0. The molecule has 0 unspecified atom stereocenters. The van der Waals surface area contributed by atoms with E-state index in [2.05, 4.69) is 12.0 Å². The average Bonchev–Trinajstić information content (AvgIpc) is 3.15. The van der Waals surface area contributed by atoms with Gasteiger partial charge < -0.3 is 0 Å². The van der Waals surface area contributed by atoms with Gasteiger partial charge in [-0.2, -0.15) is 9.40 Å². The van der Waals surface area contributed by atoms with E-state index < -0.39 is 10.0 Å². The molecule has 1 aliphatic carbocycles. The fraction of sp³-hybridized carbons (Fsp3) is 0.765. The van der Waals surface area contributed by atoms with Crippen molar-refractivity contribution in [2.45, 2.75) is 64.2 Å². The molecule has 3 rings (SSSR count). The second-order valence-electron chi connectivity index (χ2n) is 7.32. The van der Waals surface area contributed by atoms with Crippen LogP contribution in [0.15, 0.2) is 4.90 Å². The smallest absolute Gasteiger partial charge is 0.250 e. The highest BCUT2D eigenvalue weighted by Crippen LogP contribution is 2.30. The maximum atomic E-state index is 13.1. The van der Waals surface area contributed by atoms with Crippen LogP contribution in [0, 0.1) is 25.7 Å². The maximum Gasteiger partial charge on any atom is 0.250 e. The van der Waals surface area contributed by atoms with E-state index in [-0.39, 0.29) is 16.7 Å². The Labute approximate surface area is 144 Å². The molecule has 6 nitrogen and oxygen atoms in total. The topological polar surface area (TPSA) is 72.3 Å². The summed E-state index contributed by atoms with van der Waals surface area (Å²) in [7, 11) is -3.59. The molecule has 0 spiro atoms. The molecule has 2 heterocycles. The molecule has 1 aromatic rings. The Hall–Kier alpha value is -1.21. The molecule has 1 aliphatic heterocycles. The minimum absolute atomic E-state index is 0.0191. The van der Waals surface area contributed by atoms with E-state index in [4.69, 9.17) is 0 Å². The Bertz CT molecular complexity index is 725. The van der Waals surface area contributed by atoms with E-state index in [1.807, 2.05) is 0 Å². The van der Waals surface area contributed by atoms with Crippen LogP contribution in [0.1, 0.15) is 61.6 Å². The lowest BCUT2D eigenvalue weighted by atomic mass is 10.0. The fourth-order valence-corrected chi connectivity index (χ4v) is 5.74. The molecule has 1 saturated carbocycles. The fourth-order valence-electron chi connectivity index (χ4n) is 3.92. The van der Waals surface area contributed by atoms with Crippen molar-refractivity contribution < 1.29 is 13.2 Å². The number of aryl methyl sites for hydroxylation is 1. The van der Waals surface area contributed by atoms with Crippen LogP contribution < -0.4 is 0 Å².